The van der Waals surface area contributed by atoms with E-state index in [1.54, 1.807) is 6.20 Å². The Balaban J connectivity index is 2.19. The Kier molecular flexibility index (Phi) is 4.02. The summed E-state index contributed by atoms with van der Waals surface area (Å²) in [7, 11) is 0. The summed E-state index contributed by atoms with van der Waals surface area (Å²) in [6.07, 6.45) is 5.30. The monoisotopic (exact) mass is 248 g/mol. The molecule has 5 heteroatoms. The van der Waals surface area contributed by atoms with Crippen LogP contribution in [0.2, 0.25) is 0 Å². The fraction of sp³-hybridized carbons (Fsp3) is 0.538. The van der Waals surface area contributed by atoms with Crippen LogP contribution in [0.4, 0.5) is 5.69 Å². The molecule has 2 heterocycles. The highest BCUT2D eigenvalue weighted by Crippen LogP contribution is 2.26. The fourth-order valence-corrected chi connectivity index (χ4v) is 2.48. The van der Waals surface area contributed by atoms with Gasteiger partial charge in [-0.1, -0.05) is 18.5 Å². The quantitative estimate of drug-likeness (QED) is 0.370. The van der Waals surface area contributed by atoms with Crippen molar-refractivity contribution in [1.29, 1.82) is 0 Å². The van der Waals surface area contributed by atoms with E-state index in [-0.39, 0.29) is 5.84 Å². The van der Waals surface area contributed by atoms with Crippen molar-refractivity contribution in [2.24, 2.45) is 16.8 Å². The smallest absolute Gasteiger partial charge is 0.190 e. The third kappa shape index (κ3) is 2.55. The van der Waals surface area contributed by atoms with E-state index in [4.69, 9.17) is 10.9 Å². The number of piperidine rings is 1. The van der Waals surface area contributed by atoms with E-state index in [1.807, 2.05) is 12.1 Å². The third-order valence-corrected chi connectivity index (χ3v) is 3.67. The molecule has 1 aromatic heterocycles. The van der Waals surface area contributed by atoms with E-state index in [0.717, 1.165) is 24.7 Å². The second-order valence-corrected chi connectivity index (χ2v) is 4.70. The zero-order valence-electron chi connectivity index (χ0n) is 10.7. The molecule has 0 unspecified atom stereocenters. The van der Waals surface area contributed by atoms with Gasteiger partial charge in [0.1, 0.15) is 5.69 Å². The molecule has 0 aromatic carbocycles. The number of amidine groups is 1. The van der Waals surface area contributed by atoms with Crippen LogP contribution in [-0.4, -0.2) is 29.1 Å². The van der Waals surface area contributed by atoms with Crippen LogP contribution >= 0.6 is 0 Å². The molecule has 0 bridgehead atoms. The molecule has 0 amide bonds. The van der Waals surface area contributed by atoms with Gasteiger partial charge in [-0.15, -0.1) is 0 Å². The molecule has 0 atom stereocenters. The molecule has 0 spiro atoms. The van der Waals surface area contributed by atoms with Gasteiger partial charge in [0.05, 0.1) is 5.69 Å². The molecule has 0 aliphatic carbocycles. The Morgan fingerprint density at radius 1 is 1.56 bits per heavy atom. The van der Waals surface area contributed by atoms with Crippen LogP contribution in [0.3, 0.4) is 0 Å². The molecule has 1 aliphatic rings. The van der Waals surface area contributed by atoms with Gasteiger partial charge in [0.25, 0.3) is 0 Å². The van der Waals surface area contributed by atoms with Gasteiger partial charge in [0.2, 0.25) is 0 Å². The minimum atomic E-state index is 0.0724. The summed E-state index contributed by atoms with van der Waals surface area (Å²) >= 11 is 0. The Hall–Kier alpha value is -1.78. The summed E-state index contributed by atoms with van der Waals surface area (Å²) in [5.74, 6) is 0.897. The maximum atomic E-state index is 8.80. The normalized spacial score (nSPS) is 18.1. The highest BCUT2D eigenvalue weighted by molar-refractivity contribution is 6.00. The highest BCUT2D eigenvalue weighted by atomic mass is 16.4. The second-order valence-electron chi connectivity index (χ2n) is 4.70. The van der Waals surface area contributed by atoms with Gasteiger partial charge in [0.15, 0.2) is 5.84 Å². The van der Waals surface area contributed by atoms with Crippen molar-refractivity contribution >= 4 is 11.5 Å². The summed E-state index contributed by atoms with van der Waals surface area (Å²) < 4.78 is 0. The molecule has 1 aromatic rings. The fourth-order valence-electron chi connectivity index (χ4n) is 2.48. The average molecular weight is 248 g/mol. The minimum Gasteiger partial charge on any atom is -0.409 e. The molecule has 1 aliphatic heterocycles. The van der Waals surface area contributed by atoms with E-state index in [0.29, 0.717) is 5.69 Å². The van der Waals surface area contributed by atoms with Gasteiger partial charge >= 0.3 is 0 Å². The lowest BCUT2D eigenvalue weighted by Gasteiger charge is -2.33. The maximum Gasteiger partial charge on any atom is 0.190 e. The number of oxime groups is 1. The van der Waals surface area contributed by atoms with Crippen LogP contribution in [0.15, 0.2) is 23.5 Å². The van der Waals surface area contributed by atoms with Crippen molar-refractivity contribution in [3.05, 3.63) is 24.0 Å². The molecular formula is C13H20N4O. The van der Waals surface area contributed by atoms with Gasteiger partial charge < -0.3 is 15.8 Å². The lowest BCUT2D eigenvalue weighted by Crippen LogP contribution is -2.35. The molecule has 2 rings (SSSR count). The number of aromatic nitrogens is 1. The first-order valence-corrected chi connectivity index (χ1v) is 6.44. The predicted molar refractivity (Wildman–Crippen MR) is 72.0 cm³/mol. The van der Waals surface area contributed by atoms with Crippen LogP contribution in [0.25, 0.3) is 0 Å². The molecule has 18 heavy (non-hydrogen) atoms. The minimum absolute atomic E-state index is 0.0724. The second kappa shape index (κ2) is 5.71. The van der Waals surface area contributed by atoms with Crippen molar-refractivity contribution in [3.8, 4) is 0 Å². The van der Waals surface area contributed by atoms with E-state index in [2.05, 4.69) is 22.0 Å². The van der Waals surface area contributed by atoms with Crippen LogP contribution in [0, 0.1) is 5.92 Å². The highest BCUT2D eigenvalue weighted by Gasteiger charge is 2.21. The molecular weight excluding hydrogens is 228 g/mol. The number of hydrogen-bond donors (Lipinski definition) is 2. The van der Waals surface area contributed by atoms with Gasteiger partial charge in [-0.05, 0) is 30.9 Å². The first-order valence-electron chi connectivity index (χ1n) is 6.44. The average Bonchev–Trinajstić information content (AvgIpc) is 2.46. The zero-order valence-corrected chi connectivity index (χ0v) is 10.7. The third-order valence-electron chi connectivity index (χ3n) is 3.67. The number of pyridine rings is 1. The lowest BCUT2D eigenvalue weighted by atomic mass is 9.94. The van der Waals surface area contributed by atoms with E-state index in [9.17, 15) is 0 Å². The molecule has 98 valence electrons. The largest absolute Gasteiger partial charge is 0.409 e. The Morgan fingerprint density at radius 2 is 2.28 bits per heavy atom. The predicted octanol–water partition coefficient (Wildman–Crippen LogP) is 1.80. The number of rotatable bonds is 3. The summed E-state index contributed by atoms with van der Waals surface area (Å²) in [6.45, 7) is 4.26. The van der Waals surface area contributed by atoms with Crippen LogP contribution in [0.1, 0.15) is 31.9 Å². The van der Waals surface area contributed by atoms with Gasteiger partial charge in [-0.25, -0.2) is 0 Å². The van der Waals surface area contributed by atoms with Crippen molar-refractivity contribution < 1.29 is 5.21 Å². The Morgan fingerprint density at radius 3 is 2.89 bits per heavy atom. The Bertz CT molecular complexity index is 425. The SMILES string of the molecule is CCC1CCN(c2cccnc2/C(N)=N/O)CC1. The summed E-state index contributed by atoms with van der Waals surface area (Å²) in [4.78, 5) is 6.48. The number of anilines is 1. The number of nitrogens with zero attached hydrogens (tertiary/aromatic N) is 3. The van der Waals surface area contributed by atoms with Crippen LogP contribution in [0.5, 0.6) is 0 Å². The van der Waals surface area contributed by atoms with Crippen molar-refractivity contribution in [2.45, 2.75) is 26.2 Å². The Labute approximate surface area is 107 Å². The maximum absolute atomic E-state index is 8.80. The first kappa shape index (κ1) is 12.7. The molecule has 0 saturated carbocycles. The van der Waals surface area contributed by atoms with Gasteiger partial charge in [-0.2, -0.15) is 0 Å². The van der Waals surface area contributed by atoms with Crippen molar-refractivity contribution in [2.75, 3.05) is 18.0 Å². The molecule has 1 fully saturated rings. The topological polar surface area (TPSA) is 74.7 Å². The van der Waals surface area contributed by atoms with E-state index >= 15 is 0 Å². The number of hydrogen-bond acceptors (Lipinski definition) is 4. The zero-order chi connectivity index (χ0) is 13.0. The lowest BCUT2D eigenvalue weighted by molar-refractivity contribution is 0.318. The summed E-state index contributed by atoms with van der Waals surface area (Å²) in [6, 6.07) is 3.86. The molecule has 5 nitrogen and oxygen atoms in total. The van der Waals surface area contributed by atoms with Crippen molar-refractivity contribution in [1.82, 2.24) is 4.98 Å². The summed E-state index contributed by atoms with van der Waals surface area (Å²) in [5, 5.41) is 11.8. The first-order chi connectivity index (χ1) is 8.76. The molecule has 0 radical (unpaired) electrons. The van der Waals surface area contributed by atoms with Gasteiger partial charge in [-0.3, -0.25) is 4.98 Å². The standard InChI is InChI=1S/C13H20N4O/c1-2-10-5-8-17(9-6-10)11-4-3-7-15-12(11)13(14)16-18/h3-4,7,10,18H,2,5-6,8-9H2,1H3,(H2,14,16). The van der Waals surface area contributed by atoms with Gasteiger partial charge in [0, 0.05) is 19.3 Å². The summed E-state index contributed by atoms with van der Waals surface area (Å²) in [5.41, 5.74) is 7.19. The van der Waals surface area contributed by atoms with Crippen molar-refractivity contribution in [3.63, 3.8) is 0 Å². The van der Waals surface area contributed by atoms with E-state index in [1.165, 1.54) is 19.3 Å². The van der Waals surface area contributed by atoms with Crippen LogP contribution in [-0.2, 0) is 0 Å². The number of nitrogens with two attached hydrogens (primary N) is 1. The van der Waals surface area contributed by atoms with E-state index < -0.39 is 0 Å². The van der Waals surface area contributed by atoms with Crippen LogP contribution < -0.4 is 10.6 Å². The molecule has 1 saturated heterocycles. The molecule has 3 N–H and O–H groups in total.